The lowest BCUT2D eigenvalue weighted by molar-refractivity contribution is -0.138. The number of morpholine rings is 1. The smallest absolute Gasteiger partial charge is 0.222 e. The molecule has 2 saturated heterocycles. The maximum atomic E-state index is 12.8. The summed E-state index contributed by atoms with van der Waals surface area (Å²) in [6, 6.07) is 10.5. The van der Waals surface area contributed by atoms with Gasteiger partial charge in [-0.25, -0.2) is 0 Å². The van der Waals surface area contributed by atoms with Crippen LogP contribution < -0.4 is 0 Å². The first-order valence-corrected chi connectivity index (χ1v) is 11.5. The van der Waals surface area contributed by atoms with Crippen LogP contribution >= 0.6 is 0 Å². The largest absolute Gasteiger partial charge is 0.379 e. The van der Waals surface area contributed by atoms with E-state index in [9.17, 15) is 9.59 Å². The Labute approximate surface area is 181 Å². The SMILES string of the molecule is CC(=O)N(CCCN1CCOCC1)C1CCCN(C(=O)CCCc2ccccc2)C1. The second-order valence-electron chi connectivity index (χ2n) is 8.49. The third-order valence-electron chi connectivity index (χ3n) is 6.27. The van der Waals surface area contributed by atoms with E-state index in [0.717, 1.165) is 78.0 Å². The van der Waals surface area contributed by atoms with E-state index < -0.39 is 0 Å². The maximum absolute atomic E-state index is 12.8. The molecule has 6 nitrogen and oxygen atoms in total. The number of ether oxygens (including phenoxy) is 1. The zero-order valence-electron chi connectivity index (χ0n) is 18.4. The van der Waals surface area contributed by atoms with Crippen molar-refractivity contribution in [3.05, 3.63) is 35.9 Å². The number of benzene rings is 1. The third kappa shape index (κ3) is 7.10. The number of rotatable bonds is 9. The van der Waals surface area contributed by atoms with Crippen molar-refractivity contribution >= 4 is 11.8 Å². The van der Waals surface area contributed by atoms with Gasteiger partial charge in [0, 0.05) is 58.7 Å². The molecule has 0 aromatic heterocycles. The molecule has 1 aromatic rings. The number of nitrogens with zero attached hydrogens (tertiary/aromatic N) is 3. The van der Waals surface area contributed by atoms with Gasteiger partial charge in [0.15, 0.2) is 0 Å². The number of likely N-dealkylation sites (tertiary alicyclic amines) is 1. The summed E-state index contributed by atoms with van der Waals surface area (Å²) in [5.74, 6) is 0.354. The Balaban J connectivity index is 1.43. The summed E-state index contributed by atoms with van der Waals surface area (Å²) < 4.78 is 5.40. The first-order valence-electron chi connectivity index (χ1n) is 11.5. The van der Waals surface area contributed by atoms with Crippen molar-refractivity contribution in [2.24, 2.45) is 0 Å². The maximum Gasteiger partial charge on any atom is 0.222 e. The number of hydrogen-bond donors (Lipinski definition) is 0. The van der Waals surface area contributed by atoms with Crippen LogP contribution in [0.5, 0.6) is 0 Å². The molecule has 2 fully saturated rings. The molecule has 30 heavy (non-hydrogen) atoms. The van der Waals surface area contributed by atoms with Crippen molar-refractivity contribution in [2.75, 3.05) is 52.5 Å². The van der Waals surface area contributed by atoms with Crippen molar-refractivity contribution in [2.45, 2.75) is 51.5 Å². The number of hydrogen-bond acceptors (Lipinski definition) is 4. The highest BCUT2D eigenvalue weighted by atomic mass is 16.5. The molecule has 1 atom stereocenters. The van der Waals surface area contributed by atoms with Crippen LogP contribution in [0.2, 0.25) is 0 Å². The van der Waals surface area contributed by atoms with Gasteiger partial charge in [0.25, 0.3) is 0 Å². The highest BCUT2D eigenvalue weighted by molar-refractivity contribution is 5.77. The quantitative estimate of drug-likeness (QED) is 0.622. The standard InChI is InChI=1S/C24H37N3O3/c1-21(28)27(15-7-13-25-16-18-30-19-17-25)23-11-6-14-26(20-23)24(29)12-5-10-22-8-3-2-4-9-22/h2-4,8-9,23H,5-7,10-20H2,1H3. The Bertz CT molecular complexity index is 661. The molecule has 0 radical (unpaired) electrons. The van der Waals surface area contributed by atoms with Crippen LogP contribution in [-0.2, 0) is 20.7 Å². The van der Waals surface area contributed by atoms with Gasteiger partial charge in [-0.1, -0.05) is 30.3 Å². The van der Waals surface area contributed by atoms with Crippen molar-refractivity contribution in [1.82, 2.24) is 14.7 Å². The number of carbonyl (C=O) groups excluding carboxylic acids is 2. The predicted octanol–water partition coefficient (Wildman–Crippen LogP) is 2.57. The van der Waals surface area contributed by atoms with Crippen LogP contribution in [0.3, 0.4) is 0 Å². The zero-order chi connectivity index (χ0) is 21.2. The molecular formula is C24H37N3O3. The molecule has 2 aliphatic rings. The summed E-state index contributed by atoms with van der Waals surface area (Å²) in [4.78, 5) is 31.5. The lowest BCUT2D eigenvalue weighted by atomic mass is 10.0. The number of piperidine rings is 1. The predicted molar refractivity (Wildman–Crippen MR) is 118 cm³/mol. The average Bonchev–Trinajstić information content (AvgIpc) is 2.78. The van der Waals surface area contributed by atoms with Gasteiger partial charge in [-0.3, -0.25) is 14.5 Å². The first-order chi connectivity index (χ1) is 14.6. The van der Waals surface area contributed by atoms with E-state index in [1.165, 1.54) is 5.56 Å². The molecule has 2 heterocycles. The summed E-state index contributed by atoms with van der Waals surface area (Å²) >= 11 is 0. The van der Waals surface area contributed by atoms with Gasteiger partial charge in [0.05, 0.1) is 13.2 Å². The summed E-state index contributed by atoms with van der Waals surface area (Å²) in [5, 5.41) is 0. The molecule has 1 aromatic carbocycles. The van der Waals surface area contributed by atoms with Gasteiger partial charge >= 0.3 is 0 Å². The highest BCUT2D eigenvalue weighted by Crippen LogP contribution is 2.18. The van der Waals surface area contributed by atoms with Crippen molar-refractivity contribution in [3.63, 3.8) is 0 Å². The van der Waals surface area contributed by atoms with Gasteiger partial charge < -0.3 is 14.5 Å². The number of aryl methyl sites for hydroxylation is 1. The number of amides is 2. The Morgan fingerprint density at radius 1 is 1.10 bits per heavy atom. The average molecular weight is 416 g/mol. The minimum atomic E-state index is 0.125. The molecule has 2 aliphatic heterocycles. The normalized spacial score (nSPS) is 20.2. The highest BCUT2D eigenvalue weighted by Gasteiger charge is 2.29. The second-order valence-corrected chi connectivity index (χ2v) is 8.49. The molecule has 0 saturated carbocycles. The van der Waals surface area contributed by atoms with Gasteiger partial charge in [-0.05, 0) is 37.7 Å². The monoisotopic (exact) mass is 415 g/mol. The summed E-state index contributed by atoms with van der Waals surface area (Å²) in [5.41, 5.74) is 1.28. The van der Waals surface area contributed by atoms with Crippen molar-refractivity contribution in [1.29, 1.82) is 0 Å². The second kappa shape index (κ2) is 12.1. The number of carbonyl (C=O) groups is 2. The van der Waals surface area contributed by atoms with Gasteiger partial charge in [-0.2, -0.15) is 0 Å². The lowest BCUT2D eigenvalue weighted by Gasteiger charge is -2.39. The van der Waals surface area contributed by atoms with Crippen molar-refractivity contribution < 1.29 is 14.3 Å². The molecule has 166 valence electrons. The first kappa shape index (κ1) is 22.8. The fourth-order valence-corrected chi connectivity index (χ4v) is 4.57. The minimum absolute atomic E-state index is 0.125. The van der Waals surface area contributed by atoms with E-state index >= 15 is 0 Å². The van der Waals surface area contributed by atoms with E-state index in [0.29, 0.717) is 13.0 Å². The lowest BCUT2D eigenvalue weighted by Crippen LogP contribution is -2.51. The third-order valence-corrected chi connectivity index (χ3v) is 6.27. The molecule has 6 heteroatoms. The van der Waals surface area contributed by atoms with E-state index in [-0.39, 0.29) is 17.9 Å². The topological polar surface area (TPSA) is 53.1 Å². The van der Waals surface area contributed by atoms with Crippen molar-refractivity contribution in [3.8, 4) is 0 Å². The van der Waals surface area contributed by atoms with Gasteiger partial charge in [0.1, 0.15) is 0 Å². The molecule has 1 unspecified atom stereocenters. The van der Waals surface area contributed by atoms with Crippen LogP contribution in [0.1, 0.15) is 44.6 Å². The molecule has 0 spiro atoms. The van der Waals surface area contributed by atoms with Crippen LogP contribution in [0.4, 0.5) is 0 Å². The fraction of sp³-hybridized carbons (Fsp3) is 0.667. The summed E-state index contributed by atoms with van der Waals surface area (Å²) in [7, 11) is 0. The molecular weight excluding hydrogens is 378 g/mol. The fourth-order valence-electron chi connectivity index (χ4n) is 4.57. The Hall–Kier alpha value is -1.92. The van der Waals surface area contributed by atoms with Gasteiger partial charge in [0.2, 0.25) is 11.8 Å². The molecule has 2 amide bonds. The molecule has 0 bridgehead atoms. The van der Waals surface area contributed by atoms with Crippen LogP contribution in [0, 0.1) is 0 Å². The summed E-state index contributed by atoms with van der Waals surface area (Å²) in [6.45, 7) is 8.51. The molecule has 0 aliphatic carbocycles. The van der Waals surface area contributed by atoms with E-state index in [1.54, 1.807) is 6.92 Å². The van der Waals surface area contributed by atoms with Crippen LogP contribution in [-0.4, -0.2) is 85.0 Å². The van der Waals surface area contributed by atoms with Crippen LogP contribution in [0.15, 0.2) is 30.3 Å². The van der Waals surface area contributed by atoms with Gasteiger partial charge in [-0.15, -0.1) is 0 Å². The minimum Gasteiger partial charge on any atom is -0.379 e. The van der Waals surface area contributed by atoms with Crippen LogP contribution in [0.25, 0.3) is 0 Å². The van der Waals surface area contributed by atoms with E-state index in [1.807, 2.05) is 28.0 Å². The summed E-state index contributed by atoms with van der Waals surface area (Å²) in [6.07, 6.45) is 5.33. The van der Waals surface area contributed by atoms with E-state index in [2.05, 4.69) is 17.0 Å². The molecule has 0 N–H and O–H groups in total. The zero-order valence-corrected chi connectivity index (χ0v) is 18.4. The van der Waals surface area contributed by atoms with E-state index in [4.69, 9.17) is 4.74 Å². The molecule has 3 rings (SSSR count). The Kier molecular flexibility index (Phi) is 9.15. The Morgan fingerprint density at radius 2 is 1.87 bits per heavy atom. The Morgan fingerprint density at radius 3 is 2.60 bits per heavy atom.